The predicted molar refractivity (Wildman–Crippen MR) is 99.7 cm³/mol. The van der Waals surface area contributed by atoms with E-state index >= 15 is 0 Å². The molecule has 0 unspecified atom stereocenters. The van der Waals surface area contributed by atoms with Crippen LogP contribution in [0.2, 0.25) is 5.02 Å². The highest BCUT2D eigenvalue weighted by molar-refractivity contribution is 7.89. The number of ether oxygens (including phenoxy) is 1. The molecule has 1 heterocycles. The normalized spacial score (nSPS) is 16.4. The zero-order chi connectivity index (χ0) is 18.7. The molecule has 26 heavy (non-hydrogen) atoms. The van der Waals surface area contributed by atoms with E-state index in [9.17, 15) is 13.2 Å². The minimum Gasteiger partial charge on any atom is -0.454 e. The number of esters is 1. The van der Waals surface area contributed by atoms with Gasteiger partial charge in [-0.25, -0.2) is 13.2 Å². The van der Waals surface area contributed by atoms with E-state index in [2.05, 4.69) is 0 Å². The van der Waals surface area contributed by atoms with Gasteiger partial charge < -0.3 is 4.74 Å². The van der Waals surface area contributed by atoms with Crippen LogP contribution in [0.15, 0.2) is 53.4 Å². The van der Waals surface area contributed by atoms with E-state index in [0.717, 1.165) is 18.4 Å². The van der Waals surface area contributed by atoms with Crippen LogP contribution in [0.5, 0.6) is 0 Å². The van der Waals surface area contributed by atoms with Crippen molar-refractivity contribution in [2.45, 2.75) is 30.8 Å². The first kappa shape index (κ1) is 18.9. The highest BCUT2D eigenvalue weighted by Crippen LogP contribution is 2.24. The number of hydrogen-bond donors (Lipinski definition) is 0. The zero-order valence-corrected chi connectivity index (χ0v) is 16.0. The van der Waals surface area contributed by atoms with Crippen molar-refractivity contribution in [3.8, 4) is 0 Å². The molecule has 0 spiro atoms. The van der Waals surface area contributed by atoms with Crippen molar-refractivity contribution < 1.29 is 17.9 Å². The second kappa shape index (κ2) is 7.78. The fraction of sp³-hybridized carbons (Fsp3) is 0.316. The van der Waals surface area contributed by atoms with Crippen molar-refractivity contribution in [2.75, 3.05) is 13.1 Å². The van der Waals surface area contributed by atoms with Gasteiger partial charge >= 0.3 is 5.97 Å². The first-order chi connectivity index (χ1) is 12.4. The molecule has 0 radical (unpaired) electrons. The lowest BCUT2D eigenvalue weighted by Gasteiger charge is -2.17. The zero-order valence-electron chi connectivity index (χ0n) is 14.4. The molecule has 2 aromatic rings. The number of sulfonamides is 1. The molecule has 0 amide bonds. The molecular weight excluding hydrogens is 374 g/mol. The summed E-state index contributed by atoms with van der Waals surface area (Å²) in [7, 11) is -3.57. The first-order valence-corrected chi connectivity index (χ1v) is 10.3. The number of benzene rings is 2. The van der Waals surface area contributed by atoms with Gasteiger partial charge in [-0.2, -0.15) is 4.31 Å². The Morgan fingerprint density at radius 1 is 1.12 bits per heavy atom. The van der Waals surface area contributed by atoms with Crippen LogP contribution in [-0.4, -0.2) is 31.8 Å². The van der Waals surface area contributed by atoms with Crippen molar-refractivity contribution in [2.24, 2.45) is 0 Å². The molecule has 7 heteroatoms. The Morgan fingerprint density at radius 3 is 2.42 bits per heavy atom. The fourth-order valence-electron chi connectivity index (χ4n) is 2.89. The smallest absolute Gasteiger partial charge is 0.338 e. The number of carbonyl (C=O) groups excluding carboxylic acids is 1. The van der Waals surface area contributed by atoms with Gasteiger partial charge in [0.1, 0.15) is 6.10 Å². The summed E-state index contributed by atoms with van der Waals surface area (Å²) in [5.41, 5.74) is 1.02. The van der Waals surface area contributed by atoms with Crippen molar-refractivity contribution >= 4 is 27.6 Å². The molecule has 3 rings (SSSR count). The molecule has 0 N–H and O–H groups in total. The van der Waals surface area contributed by atoms with E-state index in [1.807, 2.05) is 0 Å². The van der Waals surface area contributed by atoms with Gasteiger partial charge in [0.2, 0.25) is 10.0 Å². The quantitative estimate of drug-likeness (QED) is 0.719. The molecule has 138 valence electrons. The lowest BCUT2D eigenvalue weighted by Crippen LogP contribution is -2.28. The Hall–Kier alpha value is -1.89. The highest BCUT2D eigenvalue weighted by Gasteiger charge is 2.28. The Morgan fingerprint density at radius 2 is 1.77 bits per heavy atom. The number of hydrogen-bond acceptors (Lipinski definition) is 4. The number of rotatable bonds is 5. The lowest BCUT2D eigenvalue weighted by atomic mass is 10.1. The summed E-state index contributed by atoms with van der Waals surface area (Å²) in [6.07, 6.45) is 1.25. The molecule has 0 aromatic heterocycles. The van der Waals surface area contributed by atoms with Crippen LogP contribution in [-0.2, 0) is 14.8 Å². The first-order valence-electron chi connectivity index (χ1n) is 8.44. The van der Waals surface area contributed by atoms with Gasteiger partial charge in [-0.1, -0.05) is 29.8 Å². The minimum atomic E-state index is -3.57. The molecule has 1 aliphatic heterocycles. The molecule has 1 saturated heterocycles. The van der Waals surface area contributed by atoms with Crippen LogP contribution in [0.1, 0.15) is 41.8 Å². The standard InChI is InChI=1S/C19H20ClNO4S/c1-14(15-7-9-17(20)10-8-15)25-19(22)16-5-4-6-18(13-16)26(23,24)21-11-2-3-12-21/h4-10,13-14H,2-3,11-12H2,1H3/t14-/m0/s1. The van der Waals surface area contributed by atoms with E-state index < -0.39 is 22.1 Å². The van der Waals surface area contributed by atoms with Crippen LogP contribution in [0.25, 0.3) is 0 Å². The number of halogens is 1. The molecule has 0 saturated carbocycles. The molecule has 1 atom stereocenters. The Balaban J connectivity index is 1.77. The van der Waals surface area contributed by atoms with Crippen molar-refractivity contribution in [1.82, 2.24) is 4.31 Å². The third kappa shape index (κ3) is 4.09. The second-order valence-corrected chi connectivity index (χ2v) is 8.61. The summed E-state index contributed by atoms with van der Waals surface area (Å²) in [5.74, 6) is -0.564. The van der Waals surface area contributed by atoms with Crippen molar-refractivity contribution in [3.63, 3.8) is 0 Å². The maximum absolute atomic E-state index is 12.6. The summed E-state index contributed by atoms with van der Waals surface area (Å²) in [5, 5.41) is 0.604. The molecule has 1 fully saturated rings. The van der Waals surface area contributed by atoms with Gasteiger partial charge in [-0.15, -0.1) is 0 Å². The Labute approximate surface area is 158 Å². The molecule has 1 aliphatic rings. The molecule has 0 aliphatic carbocycles. The third-order valence-corrected chi connectivity index (χ3v) is 6.54. The molecule has 0 bridgehead atoms. The fourth-order valence-corrected chi connectivity index (χ4v) is 4.58. The highest BCUT2D eigenvalue weighted by atomic mass is 35.5. The van der Waals surface area contributed by atoms with E-state index in [0.29, 0.717) is 18.1 Å². The van der Waals surface area contributed by atoms with Crippen LogP contribution in [0, 0.1) is 0 Å². The van der Waals surface area contributed by atoms with Crippen LogP contribution in [0.3, 0.4) is 0 Å². The monoisotopic (exact) mass is 393 g/mol. The third-order valence-electron chi connectivity index (χ3n) is 4.40. The lowest BCUT2D eigenvalue weighted by molar-refractivity contribution is 0.0337. The average molecular weight is 394 g/mol. The maximum atomic E-state index is 12.6. The Kier molecular flexibility index (Phi) is 5.65. The largest absolute Gasteiger partial charge is 0.454 e. The summed E-state index contributed by atoms with van der Waals surface area (Å²) in [4.78, 5) is 12.6. The van der Waals surface area contributed by atoms with Gasteiger partial charge in [0.25, 0.3) is 0 Å². The van der Waals surface area contributed by atoms with Gasteiger partial charge in [0, 0.05) is 18.1 Å². The molecular formula is C19H20ClNO4S. The van der Waals surface area contributed by atoms with Crippen LogP contribution < -0.4 is 0 Å². The maximum Gasteiger partial charge on any atom is 0.338 e. The minimum absolute atomic E-state index is 0.119. The van der Waals surface area contributed by atoms with Crippen molar-refractivity contribution in [1.29, 1.82) is 0 Å². The SMILES string of the molecule is C[C@H](OC(=O)c1cccc(S(=O)(=O)N2CCCC2)c1)c1ccc(Cl)cc1. The summed E-state index contributed by atoms with van der Waals surface area (Å²) in [6.45, 7) is 2.79. The van der Waals surface area contributed by atoms with Crippen LogP contribution >= 0.6 is 11.6 Å². The topological polar surface area (TPSA) is 63.7 Å². The Bertz CT molecular complexity index is 890. The van der Waals surface area contributed by atoms with Crippen molar-refractivity contribution in [3.05, 3.63) is 64.7 Å². The van der Waals surface area contributed by atoms with Gasteiger partial charge in [0.15, 0.2) is 0 Å². The molecule has 5 nitrogen and oxygen atoms in total. The molecule has 2 aromatic carbocycles. The second-order valence-electron chi connectivity index (χ2n) is 6.24. The number of nitrogens with zero attached hydrogens (tertiary/aromatic N) is 1. The summed E-state index contributed by atoms with van der Waals surface area (Å²) in [6, 6.07) is 13.0. The predicted octanol–water partition coefficient (Wildman–Crippen LogP) is 4.04. The van der Waals surface area contributed by atoms with Gasteiger partial charge in [-0.3, -0.25) is 0 Å². The van der Waals surface area contributed by atoms with E-state index in [1.54, 1.807) is 43.3 Å². The summed E-state index contributed by atoms with van der Waals surface area (Å²) < 4.78 is 32.2. The van der Waals surface area contributed by atoms with E-state index in [-0.39, 0.29) is 10.5 Å². The summed E-state index contributed by atoms with van der Waals surface area (Å²) >= 11 is 5.86. The number of carbonyl (C=O) groups is 1. The van der Waals surface area contributed by atoms with Gasteiger partial charge in [-0.05, 0) is 55.7 Å². The van der Waals surface area contributed by atoms with E-state index in [1.165, 1.54) is 16.4 Å². The van der Waals surface area contributed by atoms with E-state index in [4.69, 9.17) is 16.3 Å². The van der Waals surface area contributed by atoms with Crippen LogP contribution in [0.4, 0.5) is 0 Å². The average Bonchev–Trinajstić information content (AvgIpc) is 3.18. The van der Waals surface area contributed by atoms with Gasteiger partial charge in [0.05, 0.1) is 10.5 Å².